The van der Waals surface area contributed by atoms with Gasteiger partial charge in [0.1, 0.15) is 11.9 Å². The first-order chi connectivity index (χ1) is 10.6. The summed E-state index contributed by atoms with van der Waals surface area (Å²) in [5.74, 6) is 1.88. The highest BCUT2D eigenvalue weighted by atomic mass is 16.5. The average Bonchev–Trinajstić information content (AvgIpc) is 2.96. The molecule has 1 aromatic carbocycles. The Balaban J connectivity index is 1.54. The van der Waals surface area contributed by atoms with Crippen molar-refractivity contribution < 1.29 is 4.74 Å². The molecule has 1 fully saturated rings. The maximum atomic E-state index is 6.08. The van der Waals surface area contributed by atoms with E-state index in [0.717, 1.165) is 37.5 Å². The molecule has 0 amide bonds. The van der Waals surface area contributed by atoms with Gasteiger partial charge in [0.25, 0.3) is 0 Å². The summed E-state index contributed by atoms with van der Waals surface area (Å²) in [4.78, 5) is 2.42. The first-order valence-electron chi connectivity index (χ1n) is 7.83. The molecule has 1 atom stereocenters. The Morgan fingerprint density at radius 2 is 1.86 bits per heavy atom. The fraction of sp³-hybridized carbons (Fsp3) is 0.562. The van der Waals surface area contributed by atoms with Crippen molar-refractivity contribution in [2.45, 2.75) is 38.8 Å². The second-order valence-electron chi connectivity index (χ2n) is 6.00. The number of likely N-dealkylation sites (tertiary alicyclic amines) is 1. The topological polar surface area (TPSA) is 56.1 Å². The molecule has 22 heavy (non-hydrogen) atoms. The van der Waals surface area contributed by atoms with Gasteiger partial charge in [-0.25, -0.2) is 4.68 Å². The van der Waals surface area contributed by atoms with Crippen LogP contribution in [0.1, 0.15) is 37.2 Å². The molecule has 0 unspecified atom stereocenters. The molecular weight excluding hydrogens is 278 g/mol. The lowest BCUT2D eigenvalue weighted by atomic mass is 10.1. The minimum atomic E-state index is 0.236. The first kappa shape index (κ1) is 15.0. The summed E-state index contributed by atoms with van der Waals surface area (Å²) >= 11 is 0. The van der Waals surface area contributed by atoms with Crippen molar-refractivity contribution in [2.75, 3.05) is 13.1 Å². The normalized spacial score (nSPS) is 18.3. The third-order valence-corrected chi connectivity index (χ3v) is 4.37. The zero-order chi connectivity index (χ0) is 15.5. The van der Waals surface area contributed by atoms with E-state index in [-0.39, 0.29) is 6.04 Å². The third kappa shape index (κ3) is 3.27. The van der Waals surface area contributed by atoms with Gasteiger partial charge in [-0.2, -0.15) is 0 Å². The highest BCUT2D eigenvalue weighted by molar-refractivity contribution is 5.26. The van der Waals surface area contributed by atoms with Crippen molar-refractivity contribution in [3.8, 4) is 5.75 Å². The monoisotopic (exact) mass is 301 g/mol. The van der Waals surface area contributed by atoms with Crippen LogP contribution >= 0.6 is 0 Å². The number of rotatable bonds is 4. The van der Waals surface area contributed by atoms with Crippen LogP contribution in [-0.2, 0) is 7.05 Å². The Kier molecular flexibility index (Phi) is 4.38. The highest BCUT2D eigenvalue weighted by Crippen LogP contribution is 2.24. The van der Waals surface area contributed by atoms with E-state index in [1.807, 2.05) is 7.05 Å². The maximum absolute atomic E-state index is 6.08. The summed E-state index contributed by atoms with van der Waals surface area (Å²) in [5, 5.41) is 11.8. The van der Waals surface area contributed by atoms with E-state index < -0.39 is 0 Å². The van der Waals surface area contributed by atoms with Crippen molar-refractivity contribution in [3.63, 3.8) is 0 Å². The van der Waals surface area contributed by atoms with Crippen LogP contribution in [0.5, 0.6) is 5.75 Å². The highest BCUT2D eigenvalue weighted by Gasteiger charge is 2.26. The number of nitrogens with zero attached hydrogens (tertiary/aromatic N) is 5. The van der Waals surface area contributed by atoms with Gasteiger partial charge in [0, 0.05) is 20.1 Å². The molecule has 1 saturated heterocycles. The lowest BCUT2D eigenvalue weighted by molar-refractivity contribution is 0.0764. The van der Waals surface area contributed by atoms with Crippen molar-refractivity contribution in [1.82, 2.24) is 25.1 Å². The van der Waals surface area contributed by atoms with Gasteiger partial charge in [0.15, 0.2) is 5.82 Å². The lowest BCUT2D eigenvalue weighted by Crippen LogP contribution is -2.40. The van der Waals surface area contributed by atoms with E-state index in [0.29, 0.717) is 6.10 Å². The summed E-state index contributed by atoms with van der Waals surface area (Å²) in [6.45, 7) is 6.26. The molecule has 1 aliphatic rings. The molecule has 1 aliphatic heterocycles. The number of tetrazole rings is 1. The van der Waals surface area contributed by atoms with Crippen molar-refractivity contribution in [2.24, 2.45) is 7.05 Å². The van der Waals surface area contributed by atoms with E-state index in [2.05, 4.69) is 58.5 Å². The van der Waals surface area contributed by atoms with Crippen LogP contribution in [0.4, 0.5) is 0 Å². The SMILES string of the molecule is Cc1ccc(OC2CCN([C@@H](C)c3nnnn3C)CC2)cc1. The maximum Gasteiger partial charge on any atom is 0.167 e. The van der Waals surface area contributed by atoms with Gasteiger partial charge >= 0.3 is 0 Å². The minimum Gasteiger partial charge on any atom is -0.490 e. The fourth-order valence-electron chi connectivity index (χ4n) is 2.94. The van der Waals surface area contributed by atoms with Gasteiger partial charge in [-0.1, -0.05) is 17.7 Å². The molecule has 0 radical (unpaired) electrons. The molecule has 3 rings (SSSR count). The van der Waals surface area contributed by atoms with Crippen molar-refractivity contribution in [3.05, 3.63) is 35.7 Å². The number of hydrogen-bond acceptors (Lipinski definition) is 5. The quantitative estimate of drug-likeness (QED) is 0.866. The van der Waals surface area contributed by atoms with E-state index in [1.165, 1.54) is 5.56 Å². The van der Waals surface area contributed by atoms with Crippen LogP contribution in [-0.4, -0.2) is 44.3 Å². The van der Waals surface area contributed by atoms with Crippen LogP contribution in [0, 0.1) is 6.92 Å². The van der Waals surface area contributed by atoms with Gasteiger partial charge in [-0.05, 0) is 49.2 Å². The van der Waals surface area contributed by atoms with Crippen LogP contribution in [0.2, 0.25) is 0 Å². The predicted molar refractivity (Wildman–Crippen MR) is 83.6 cm³/mol. The molecule has 1 aromatic heterocycles. The third-order valence-electron chi connectivity index (χ3n) is 4.37. The lowest BCUT2D eigenvalue weighted by Gasteiger charge is -2.35. The summed E-state index contributed by atoms with van der Waals surface area (Å²) in [5.41, 5.74) is 1.26. The van der Waals surface area contributed by atoms with Crippen LogP contribution in [0.3, 0.4) is 0 Å². The van der Waals surface area contributed by atoms with Gasteiger partial charge in [-0.15, -0.1) is 5.10 Å². The molecule has 6 nitrogen and oxygen atoms in total. The minimum absolute atomic E-state index is 0.236. The van der Waals surface area contributed by atoms with Crippen LogP contribution < -0.4 is 4.74 Å². The average molecular weight is 301 g/mol. The Labute approximate surface area is 131 Å². The predicted octanol–water partition coefficient (Wildman–Crippen LogP) is 2.12. The van der Waals surface area contributed by atoms with E-state index >= 15 is 0 Å². The Bertz CT molecular complexity index is 601. The second kappa shape index (κ2) is 6.44. The van der Waals surface area contributed by atoms with Crippen LogP contribution in [0.25, 0.3) is 0 Å². The van der Waals surface area contributed by atoms with Crippen LogP contribution in [0.15, 0.2) is 24.3 Å². The number of ether oxygens (including phenoxy) is 1. The molecule has 0 saturated carbocycles. The number of hydrogen-bond donors (Lipinski definition) is 0. The summed E-state index contributed by atoms with van der Waals surface area (Å²) in [7, 11) is 1.89. The summed E-state index contributed by atoms with van der Waals surface area (Å²) in [6.07, 6.45) is 2.36. The smallest absolute Gasteiger partial charge is 0.167 e. The molecule has 6 heteroatoms. The summed E-state index contributed by atoms with van der Waals surface area (Å²) in [6, 6.07) is 8.52. The molecule has 0 bridgehead atoms. The van der Waals surface area contributed by atoms with Gasteiger partial charge in [-0.3, -0.25) is 4.90 Å². The molecule has 0 N–H and O–H groups in total. The largest absolute Gasteiger partial charge is 0.490 e. The van der Waals surface area contributed by atoms with Crippen molar-refractivity contribution >= 4 is 0 Å². The fourth-order valence-corrected chi connectivity index (χ4v) is 2.94. The molecule has 2 aromatic rings. The Morgan fingerprint density at radius 3 is 2.45 bits per heavy atom. The molecular formula is C16H23N5O. The van der Waals surface area contributed by atoms with E-state index in [9.17, 15) is 0 Å². The molecule has 118 valence electrons. The number of piperidine rings is 1. The standard InChI is InChI=1S/C16H23N5O/c1-12-4-6-14(7-5-12)22-15-8-10-21(11-9-15)13(2)16-17-18-19-20(16)3/h4-7,13,15H,8-11H2,1-3H3/t13-/m0/s1. The number of benzene rings is 1. The second-order valence-corrected chi connectivity index (χ2v) is 6.00. The molecule has 2 heterocycles. The molecule has 0 aliphatic carbocycles. The van der Waals surface area contributed by atoms with E-state index in [4.69, 9.17) is 4.74 Å². The van der Waals surface area contributed by atoms with Gasteiger partial charge in [0.2, 0.25) is 0 Å². The first-order valence-corrected chi connectivity index (χ1v) is 7.83. The van der Waals surface area contributed by atoms with E-state index in [1.54, 1.807) is 4.68 Å². The number of aryl methyl sites for hydroxylation is 2. The Hall–Kier alpha value is -1.95. The van der Waals surface area contributed by atoms with Gasteiger partial charge in [0.05, 0.1) is 6.04 Å². The van der Waals surface area contributed by atoms with Crippen molar-refractivity contribution in [1.29, 1.82) is 0 Å². The Morgan fingerprint density at radius 1 is 1.18 bits per heavy atom. The number of aromatic nitrogens is 4. The molecule has 0 spiro atoms. The zero-order valence-electron chi connectivity index (χ0n) is 13.4. The van der Waals surface area contributed by atoms with Gasteiger partial charge < -0.3 is 4.74 Å². The summed E-state index contributed by atoms with van der Waals surface area (Å²) < 4.78 is 7.83. The zero-order valence-corrected chi connectivity index (χ0v) is 13.4.